The maximum absolute atomic E-state index is 13.3. The molecule has 4 aromatic carbocycles. The lowest BCUT2D eigenvalue weighted by molar-refractivity contribution is -0.114. The molecular formula is C31H23Cl2N3O5S. The van der Waals surface area contributed by atoms with E-state index < -0.39 is 17.8 Å². The molecule has 0 aliphatic rings. The Morgan fingerprint density at radius 3 is 2.26 bits per heavy atom. The van der Waals surface area contributed by atoms with Gasteiger partial charge in [-0.25, -0.2) is 4.79 Å². The maximum Gasteiger partial charge on any atom is 0.337 e. The topological polar surface area (TPSA) is 125 Å². The summed E-state index contributed by atoms with van der Waals surface area (Å²) in [6.45, 7) is 0. The molecule has 0 atom stereocenters. The molecule has 0 saturated carbocycles. The fraction of sp³-hybridized carbons (Fsp3) is 0.0323. The number of amides is 3. The average molecular weight is 621 g/mol. The Hall–Kier alpha value is -4.57. The number of hydrogen-bond acceptors (Lipinski definition) is 5. The summed E-state index contributed by atoms with van der Waals surface area (Å²) in [5, 5.41) is 17.9. The van der Waals surface area contributed by atoms with Crippen LogP contribution in [-0.2, 0) is 9.59 Å². The van der Waals surface area contributed by atoms with Gasteiger partial charge in [0.05, 0.1) is 16.3 Å². The minimum atomic E-state index is -1.20. The zero-order chi connectivity index (χ0) is 30.1. The molecule has 0 fully saturated rings. The van der Waals surface area contributed by atoms with Gasteiger partial charge in [0.15, 0.2) is 0 Å². The molecule has 0 aliphatic heterocycles. The minimum Gasteiger partial charge on any atom is -0.478 e. The maximum atomic E-state index is 13.3. The Labute approximate surface area is 255 Å². The van der Waals surface area contributed by atoms with Gasteiger partial charge in [0.25, 0.3) is 11.8 Å². The van der Waals surface area contributed by atoms with Gasteiger partial charge in [-0.15, -0.1) is 11.8 Å². The van der Waals surface area contributed by atoms with Crippen molar-refractivity contribution in [2.75, 3.05) is 16.4 Å². The standard InChI is InChI=1S/C31H23Cl2N3O5S/c32-21-9-4-6-19(14-21)15-27(36-29(38)20-7-2-1-3-8-20)30(39)35-22-10-5-11-24(16-22)42-18-28(37)34-23-12-13-26(33)25(17-23)31(40)41/h1-17H,18H2,(H,34,37)(H,35,39)(H,36,38)(H,40,41)/b27-15-. The van der Waals surface area contributed by atoms with Crippen molar-refractivity contribution in [3.8, 4) is 0 Å². The van der Waals surface area contributed by atoms with Crippen molar-refractivity contribution in [1.82, 2.24) is 5.32 Å². The summed E-state index contributed by atoms with van der Waals surface area (Å²) < 4.78 is 0. The Bertz CT molecular complexity index is 1680. The van der Waals surface area contributed by atoms with Gasteiger partial charge in [0.1, 0.15) is 5.70 Å². The highest BCUT2D eigenvalue weighted by Gasteiger charge is 2.16. The first-order valence-corrected chi connectivity index (χ1v) is 14.1. The van der Waals surface area contributed by atoms with Crippen LogP contribution in [0.1, 0.15) is 26.3 Å². The van der Waals surface area contributed by atoms with Crippen molar-refractivity contribution < 1.29 is 24.3 Å². The molecule has 0 aliphatic carbocycles. The Morgan fingerprint density at radius 2 is 1.52 bits per heavy atom. The van der Waals surface area contributed by atoms with Crippen molar-refractivity contribution >= 4 is 76.1 Å². The molecule has 0 saturated heterocycles. The number of carbonyl (C=O) groups excluding carboxylic acids is 3. The fourth-order valence-electron chi connectivity index (χ4n) is 3.68. The number of halogens is 2. The van der Waals surface area contributed by atoms with Crippen LogP contribution < -0.4 is 16.0 Å². The molecule has 0 spiro atoms. The first-order valence-electron chi connectivity index (χ1n) is 12.4. The number of thioether (sulfide) groups is 1. The Balaban J connectivity index is 1.44. The number of carbonyl (C=O) groups is 4. The van der Waals surface area contributed by atoms with Crippen molar-refractivity contribution in [2.45, 2.75) is 4.90 Å². The van der Waals surface area contributed by atoms with Gasteiger partial charge >= 0.3 is 5.97 Å². The quantitative estimate of drug-likeness (QED) is 0.114. The number of hydrogen-bond donors (Lipinski definition) is 4. The molecule has 3 amide bonds. The number of rotatable bonds is 10. The molecule has 4 rings (SSSR count). The fourth-order valence-corrected chi connectivity index (χ4v) is 4.83. The van der Waals surface area contributed by atoms with E-state index in [1.165, 1.54) is 36.0 Å². The third-order valence-electron chi connectivity index (χ3n) is 5.63. The van der Waals surface area contributed by atoms with E-state index >= 15 is 0 Å². The van der Waals surface area contributed by atoms with E-state index in [-0.39, 0.29) is 27.9 Å². The highest BCUT2D eigenvalue weighted by Crippen LogP contribution is 2.24. The van der Waals surface area contributed by atoms with Crippen LogP contribution in [0.3, 0.4) is 0 Å². The second-order valence-electron chi connectivity index (χ2n) is 8.75. The van der Waals surface area contributed by atoms with Crippen LogP contribution in [0.2, 0.25) is 10.0 Å². The molecule has 0 heterocycles. The third-order valence-corrected chi connectivity index (χ3v) is 7.19. The zero-order valence-electron chi connectivity index (χ0n) is 21.8. The largest absolute Gasteiger partial charge is 0.478 e. The minimum absolute atomic E-state index is 0.00671. The number of nitrogens with one attached hydrogen (secondary N) is 3. The molecule has 0 radical (unpaired) electrons. The van der Waals surface area contributed by atoms with Crippen LogP contribution in [0.4, 0.5) is 11.4 Å². The van der Waals surface area contributed by atoms with Crippen LogP contribution in [0, 0.1) is 0 Å². The Kier molecular flexibility index (Phi) is 10.4. The van der Waals surface area contributed by atoms with Crippen LogP contribution in [0.5, 0.6) is 0 Å². The second-order valence-corrected chi connectivity index (χ2v) is 10.6. The van der Waals surface area contributed by atoms with E-state index in [0.717, 1.165) is 0 Å². The lowest BCUT2D eigenvalue weighted by Crippen LogP contribution is -2.30. The Morgan fingerprint density at radius 1 is 0.786 bits per heavy atom. The van der Waals surface area contributed by atoms with E-state index in [1.807, 2.05) is 0 Å². The lowest BCUT2D eigenvalue weighted by atomic mass is 10.1. The molecule has 42 heavy (non-hydrogen) atoms. The zero-order valence-corrected chi connectivity index (χ0v) is 24.1. The van der Waals surface area contributed by atoms with Crippen LogP contribution in [0.15, 0.2) is 108 Å². The van der Waals surface area contributed by atoms with Gasteiger partial charge < -0.3 is 21.1 Å². The second kappa shape index (κ2) is 14.4. The van der Waals surface area contributed by atoms with Gasteiger partial charge in [-0.05, 0) is 72.3 Å². The van der Waals surface area contributed by atoms with E-state index in [0.29, 0.717) is 32.4 Å². The predicted octanol–water partition coefficient (Wildman–Crippen LogP) is 6.83. The van der Waals surface area contributed by atoms with Gasteiger partial charge in [-0.1, -0.05) is 59.6 Å². The smallest absolute Gasteiger partial charge is 0.337 e. The van der Waals surface area contributed by atoms with Gasteiger partial charge in [0.2, 0.25) is 5.91 Å². The number of aromatic carboxylic acids is 1. The normalized spacial score (nSPS) is 11.0. The molecule has 0 bridgehead atoms. The number of carboxylic acids is 1. The molecular weight excluding hydrogens is 597 g/mol. The van der Waals surface area contributed by atoms with E-state index in [9.17, 15) is 24.3 Å². The van der Waals surface area contributed by atoms with Gasteiger partial charge in [0, 0.05) is 26.9 Å². The van der Waals surface area contributed by atoms with E-state index in [1.54, 1.807) is 78.9 Å². The SMILES string of the molecule is O=C(CSc1cccc(NC(=O)/C(=C/c2cccc(Cl)c2)NC(=O)c2ccccc2)c1)Nc1ccc(Cl)c(C(=O)O)c1. The molecule has 4 N–H and O–H groups in total. The van der Waals surface area contributed by atoms with E-state index in [2.05, 4.69) is 16.0 Å². The molecule has 8 nitrogen and oxygen atoms in total. The number of anilines is 2. The van der Waals surface area contributed by atoms with Crippen molar-refractivity contribution in [2.24, 2.45) is 0 Å². The molecule has 4 aromatic rings. The summed E-state index contributed by atoms with van der Waals surface area (Å²) in [5.74, 6) is -2.55. The molecule has 0 unspecified atom stereocenters. The highest BCUT2D eigenvalue weighted by molar-refractivity contribution is 8.00. The molecule has 11 heteroatoms. The number of benzene rings is 4. The monoisotopic (exact) mass is 619 g/mol. The first kappa shape index (κ1) is 30.4. The summed E-state index contributed by atoms with van der Waals surface area (Å²) >= 11 is 13.2. The number of carboxylic acid groups (broad SMARTS) is 1. The first-order chi connectivity index (χ1) is 20.2. The molecule has 0 aromatic heterocycles. The van der Waals surface area contributed by atoms with Crippen LogP contribution in [-0.4, -0.2) is 34.6 Å². The summed E-state index contributed by atoms with van der Waals surface area (Å²) in [4.78, 5) is 50.6. The van der Waals surface area contributed by atoms with Crippen LogP contribution in [0.25, 0.3) is 6.08 Å². The highest BCUT2D eigenvalue weighted by atomic mass is 35.5. The molecule has 212 valence electrons. The van der Waals surface area contributed by atoms with Crippen molar-refractivity contribution in [1.29, 1.82) is 0 Å². The summed E-state index contributed by atoms with van der Waals surface area (Å²) in [5.41, 5.74) is 1.64. The summed E-state index contributed by atoms with van der Waals surface area (Å²) in [6, 6.07) is 26.4. The van der Waals surface area contributed by atoms with Crippen molar-refractivity contribution in [3.05, 3.63) is 129 Å². The van der Waals surface area contributed by atoms with Gasteiger partial charge in [-0.3, -0.25) is 14.4 Å². The lowest BCUT2D eigenvalue weighted by Gasteiger charge is -2.12. The average Bonchev–Trinajstić information content (AvgIpc) is 2.97. The van der Waals surface area contributed by atoms with Crippen molar-refractivity contribution in [3.63, 3.8) is 0 Å². The predicted molar refractivity (Wildman–Crippen MR) is 166 cm³/mol. The third kappa shape index (κ3) is 8.71. The van der Waals surface area contributed by atoms with Crippen LogP contribution >= 0.6 is 35.0 Å². The summed E-state index contributed by atoms with van der Waals surface area (Å²) in [7, 11) is 0. The summed E-state index contributed by atoms with van der Waals surface area (Å²) in [6.07, 6.45) is 1.53. The van der Waals surface area contributed by atoms with E-state index in [4.69, 9.17) is 23.2 Å². The van der Waals surface area contributed by atoms with Gasteiger partial charge in [-0.2, -0.15) is 0 Å².